The number of hydrogen-bond acceptors (Lipinski definition) is 4. The highest BCUT2D eigenvalue weighted by molar-refractivity contribution is 6.31. The number of non-ortho nitro benzene ring substituents is 1. The highest BCUT2D eigenvalue weighted by Crippen LogP contribution is 2.26. The molecular formula is C24H16ClN3O3. The first-order chi connectivity index (χ1) is 15.0. The van der Waals surface area contributed by atoms with Gasteiger partial charge in [-0.2, -0.15) is 0 Å². The van der Waals surface area contributed by atoms with Crippen LogP contribution in [-0.4, -0.2) is 14.5 Å². The fourth-order valence-electron chi connectivity index (χ4n) is 3.36. The molecule has 0 aliphatic rings. The molecule has 0 N–H and O–H groups in total. The largest absolute Gasteiger partial charge is 0.270 e. The van der Waals surface area contributed by atoms with Gasteiger partial charge in [0, 0.05) is 28.7 Å². The molecule has 2 aromatic heterocycles. The van der Waals surface area contributed by atoms with Crippen molar-refractivity contribution in [1.29, 1.82) is 0 Å². The Kier molecular flexibility index (Phi) is 5.47. The van der Waals surface area contributed by atoms with Gasteiger partial charge in [-0.1, -0.05) is 42.5 Å². The van der Waals surface area contributed by atoms with E-state index < -0.39 is 4.92 Å². The Hall–Kier alpha value is -4.03. The van der Waals surface area contributed by atoms with Crippen molar-refractivity contribution in [3.63, 3.8) is 0 Å². The molecule has 0 radical (unpaired) electrons. The molecule has 0 saturated carbocycles. The Morgan fingerprint density at radius 3 is 2.65 bits per heavy atom. The predicted octanol–water partition coefficient (Wildman–Crippen LogP) is 5.67. The number of halogens is 1. The third kappa shape index (κ3) is 4.01. The third-order valence-corrected chi connectivity index (χ3v) is 5.01. The summed E-state index contributed by atoms with van der Waals surface area (Å²) in [5, 5.41) is 12.8. The second kappa shape index (κ2) is 8.38. The molecule has 0 aliphatic heterocycles. The van der Waals surface area contributed by atoms with Crippen molar-refractivity contribution in [2.24, 2.45) is 0 Å². The number of hydrogen-bond donors (Lipinski definition) is 0. The minimum atomic E-state index is -0.452. The van der Waals surface area contributed by atoms with Gasteiger partial charge in [0.2, 0.25) is 0 Å². The Labute approximate surface area is 182 Å². The monoisotopic (exact) mass is 429 g/mol. The van der Waals surface area contributed by atoms with Gasteiger partial charge in [-0.05, 0) is 59.0 Å². The molecule has 0 amide bonds. The van der Waals surface area contributed by atoms with Crippen molar-refractivity contribution in [2.75, 3.05) is 0 Å². The summed E-state index contributed by atoms with van der Waals surface area (Å²) in [6.07, 6.45) is 4.95. The molecule has 31 heavy (non-hydrogen) atoms. The molecule has 0 bridgehead atoms. The summed E-state index contributed by atoms with van der Waals surface area (Å²) in [6, 6.07) is 18.4. The van der Waals surface area contributed by atoms with E-state index >= 15 is 0 Å². The fraction of sp³-hybridized carbons (Fsp3) is 0. The van der Waals surface area contributed by atoms with Crippen molar-refractivity contribution in [2.45, 2.75) is 0 Å². The summed E-state index contributed by atoms with van der Waals surface area (Å²) < 4.78 is 1.50. The fourth-order valence-corrected chi connectivity index (χ4v) is 3.54. The molecular weight excluding hydrogens is 414 g/mol. The molecule has 0 atom stereocenters. The standard InChI is InChI=1S/C24H16ClN3O3/c1-2-17(12-16-6-5-7-20(13-16)28(30)31)22-15-18-14-19(25)9-10-21(18)24(29)27(22)23-8-3-4-11-26-23/h2-15H,1H2. The van der Waals surface area contributed by atoms with Crippen LogP contribution in [0.3, 0.4) is 0 Å². The van der Waals surface area contributed by atoms with Crippen LogP contribution in [0.4, 0.5) is 5.69 Å². The van der Waals surface area contributed by atoms with Crippen LogP contribution in [0.1, 0.15) is 11.3 Å². The first-order valence-corrected chi connectivity index (χ1v) is 9.71. The SMILES string of the molecule is C=CC(=Cc1cccc([N+](=O)[O-])c1)c1cc2cc(Cl)ccc2c(=O)n1-c1ccccn1. The lowest BCUT2D eigenvalue weighted by atomic mass is 10.0. The van der Waals surface area contributed by atoms with Gasteiger partial charge in [0.25, 0.3) is 11.2 Å². The third-order valence-electron chi connectivity index (χ3n) is 4.78. The topological polar surface area (TPSA) is 78.0 Å². The molecule has 6 nitrogen and oxygen atoms in total. The van der Waals surface area contributed by atoms with E-state index in [1.54, 1.807) is 66.9 Å². The second-order valence-electron chi connectivity index (χ2n) is 6.75. The zero-order valence-electron chi connectivity index (χ0n) is 16.2. The second-order valence-corrected chi connectivity index (χ2v) is 7.18. The first-order valence-electron chi connectivity index (χ1n) is 9.33. The van der Waals surface area contributed by atoms with E-state index in [9.17, 15) is 14.9 Å². The Morgan fingerprint density at radius 2 is 1.94 bits per heavy atom. The Bertz CT molecular complexity index is 1410. The van der Waals surface area contributed by atoms with Crippen molar-refractivity contribution < 1.29 is 4.92 Å². The molecule has 4 rings (SSSR count). The lowest BCUT2D eigenvalue weighted by Gasteiger charge is -2.15. The molecule has 2 heterocycles. The molecule has 0 spiro atoms. The van der Waals surface area contributed by atoms with Crippen LogP contribution in [0.2, 0.25) is 5.02 Å². The zero-order valence-corrected chi connectivity index (χ0v) is 17.0. The Morgan fingerprint density at radius 1 is 1.10 bits per heavy atom. The molecule has 0 fully saturated rings. The number of allylic oxidation sites excluding steroid dienone is 2. The van der Waals surface area contributed by atoms with Crippen molar-refractivity contribution >= 4 is 39.7 Å². The molecule has 0 saturated heterocycles. The summed E-state index contributed by atoms with van der Waals surface area (Å²) in [5.74, 6) is 0.450. The van der Waals surface area contributed by atoms with Gasteiger partial charge in [0.1, 0.15) is 5.82 Å². The number of aromatic nitrogens is 2. The predicted molar refractivity (Wildman–Crippen MR) is 124 cm³/mol. The van der Waals surface area contributed by atoms with Gasteiger partial charge in [-0.3, -0.25) is 19.5 Å². The van der Waals surface area contributed by atoms with E-state index in [-0.39, 0.29) is 11.2 Å². The van der Waals surface area contributed by atoms with Crippen LogP contribution < -0.4 is 5.56 Å². The van der Waals surface area contributed by atoms with Crippen LogP contribution in [-0.2, 0) is 0 Å². The van der Waals surface area contributed by atoms with Crippen LogP contribution in [0.5, 0.6) is 0 Å². The van der Waals surface area contributed by atoms with E-state index in [0.29, 0.717) is 38.4 Å². The molecule has 4 aromatic rings. The summed E-state index contributed by atoms with van der Waals surface area (Å²) >= 11 is 6.15. The minimum absolute atomic E-state index is 0.0235. The number of rotatable bonds is 5. The smallest absolute Gasteiger partial charge is 0.268 e. The average molecular weight is 430 g/mol. The van der Waals surface area contributed by atoms with Gasteiger partial charge in [-0.25, -0.2) is 4.98 Å². The summed E-state index contributed by atoms with van der Waals surface area (Å²) in [4.78, 5) is 28.4. The number of pyridine rings is 2. The molecule has 0 unspecified atom stereocenters. The van der Waals surface area contributed by atoms with Gasteiger partial charge < -0.3 is 0 Å². The van der Waals surface area contributed by atoms with Gasteiger partial charge in [0.15, 0.2) is 0 Å². The number of nitro benzene ring substituents is 1. The van der Waals surface area contributed by atoms with Crippen molar-refractivity contribution in [1.82, 2.24) is 9.55 Å². The quantitative estimate of drug-likeness (QED) is 0.232. The molecule has 2 aromatic carbocycles. The number of benzene rings is 2. The van der Waals surface area contributed by atoms with Gasteiger partial charge in [0.05, 0.1) is 10.6 Å². The molecule has 152 valence electrons. The zero-order chi connectivity index (χ0) is 22.0. The Balaban J connectivity index is 2.02. The van der Waals surface area contributed by atoms with Crippen molar-refractivity contribution in [3.05, 3.63) is 122 Å². The van der Waals surface area contributed by atoms with Gasteiger partial charge >= 0.3 is 0 Å². The van der Waals surface area contributed by atoms with E-state index in [2.05, 4.69) is 11.6 Å². The summed E-state index contributed by atoms with van der Waals surface area (Å²) in [6.45, 7) is 3.89. The summed E-state index contributed by atoms with van der Waals surface area (Å²) in [7, 11) is 0. The average Bonchev–Trinajstić information content (AvgIpc) is 2.78. The summed E-state index contributed by atoms with van der Waals surface area (Å²) in [5.41, 5.74) is 1.47. The highest BCUT2D eigenvalue weighted by atomic mass is 35.5. The first kappa shape index (κ1) is 20.3. The molecule has 7 heteroatoms. The van der Waals surface area contributed by atoms with Crippen molar-refractivity contribution in [3.8, 4) is 5.82 Å². The lowest BCUT2D eigenvalue weighted by molar-refractivity contribution is -0.384. The maximum absolute atomic E-state index is 13.4. The maximum Gasteiger partial charge on any atom is 0.270 e. The maximum atomic E-state index is 13.4. The lowest BCUT2D eigenvalue weighted by Crippen LogP contribution is -2.22. The van der Waals surface area contributed by atoms with Crippen LogP contribution >= 0.6 is 11.6 Å². The van der Waals surface area contributed by atoms with E-state index in [1.807, 2.05) is 6.07 Å². The van der Waals surface area contributed by atoms with Crippen LogP contribution in [0, 0.1) is 10.1 Å². The highest BCUT2D eigenvalue weighted by Gasteiger charge is 2.15. The van der Waals surface area contributed by atoms with E-state index in [4.69, 9.17) is 11.6 Å². The number of nitro groups is 1. The van der Waals surface area contributed by atoms with Gasteiger partial charge in [-0.15, -0.1) is 0 Å². The van der Waals surface area contributed by atoms with Crippen LogP contribution in [0.25, 0.3) is 28.2 Å². The normalized spacial score (nSPS) is 11.5. The number of nitrogens with zero attached hydrogens (tertiary/aromatic N) is 3. The molecule has 0 aliphatic carbocycles. The van der Waals surface area contributed by atoms with E-state index in [0.717, 1.165) is 0 Å². The van der Waals surface area contributed by atoms with E-state index in [1.165, 1.54) is 16.7 Å². The number of fused-ring (bicyclic) bond motifs is 1. The minimum Gasteiger partial charge on any atom is -0.268 e. The van der Waals surface area contributed by atoms with Crippen LogP contribution in [0.15, 0.2) is 90.4 Å².